The van der Waals surface area contributed by atoms with Gasteiger partial charge in [0.2, 0.25) is 0 Å². The molecule has 280 valence electrons. The van der Waals surface area contributed by atoms with Gasteiger partial charge in [0.15, 0.2) is 0 Å². The third kappa shape index (κ3) is 8.42. The van der Waals surface area contributed by atoms with Gasteiger partial charge < -0.3 is 9.30 Å². The van der Waals surface area contributed by atoms with E-state index in [0.717, 1.165) is 71.0 Å². The molecule has 0 saturated heterocycles. The van der Waals surface area contributed by atoms with Gasteiger partial charge in [-0.25, -0.2) is 4.98 Å². The Morgan fingerprint density at radius 3 is 2.24 bits per heavy atom. The summed E-state index contributed by atoms with van der Waals surface area (Å²) in [6.45, 7) is 18.1. The first-order chi connectivity index (χ1) is 25.5. The number of nitrogens with zero attached hydrogens (tertiary/aromatic N) is 4. The van der Waals surface area contributed by atoms with Gasteiger partial charge in [0, 0.05) is 35.0 Å². The first-order valence-corrected chi connectivity index (χ1v) is 19.3. The van der Waals surface area contributed by atoms with Crippen molar-refractivity contribution in [3.05, 3.63) is 132 Å². The van der Waals surface area contributed by atoms with Crippen molar-refractivity contribution in [2.45, 2.75) is 92.9 Å². The van der Waals surface area contributed by atoms with E-state index in [1.54, 1.807) is 0 Å². The van der Waals surface area contributed by atoms with Crippen LogP contribution < -0.4 is 4.74 Å². The van der Waals surface area contributed by atoms with Crippen molar-refractivity contribution in [1.82, 2.24) is 19.3 Å². The summed E-state index contributed by atoms with van der Waals surface area (Å²) in [6, 6.07) is 35.2. The second-order valence-corrected chi connectivity index (χ2v) is 16.4. The number of aromatic nitrogens is 4. The van der Waals surface area contributed by atoms with Crippen LogP contribution in [0, 0.1) is 24.0 Å². The first kappa shape index (κ1) is 39.2. The van der Waals surface area contributed by atoms with Gasteiger partial charge in [-0.05, 0) is 81.6 Å². The zero-order chi connectivity index (χ0) is 37.3. The van der Waals surface area contributed by atoms with E-state index in [1.165, 1.54) is 27.8 Å². The molecule has 0 aliphatic carbocycles. The van der Waals surface area contributed by atoms with Gasteiger partial charge in [0.1, 0.15) is 5.82 Å². The number of aryl methyl sites for hydroxylation is 1. The zero-order valence-electron chi connectivity index (χ0n) is 32.9. The normalized spacial score (nSPS) is 11.9. The molecule has 3 aromatic heterocycles. The standard InChI is InChI=1S/C48H52N4O.Pt/c1-9-10-14-34-25-39(51-31-37(30-50-51)47-35(23-32(2)3)15-13-16-36(47)24-33(4)5)28-41(26-34)53-40-19-20-43-42-17-11-12-18-44(42)52(45(43)29-40)46-27-38(21-22-49-46)48(6,7)8;/h11-13,15-22,25-27,30-33H,9-10,14,23-24H2,1-8H3;/q-2;+2. The largest absolute Gasteiger partial charge is 2.00 e. The summed E-state index contributed by atoms with van der Waals surface area (Å²) < 4.78 is 10.8. The average molecular weight is 896 g/mol. The maximum Gasteiger partial charge on any atom is 2.00 e. The average Bonchev–Trinajstić information content (AvgIpc) is 3.73. The molecular weight excluding hydrogens is 844 g/mol. The van der Waals surface area contributed by atoms with Gasteiger partial charge in [0.25, 0.3) is 0 Å². The quantitative estimate of drug-likeness (QED) is 0.115. The second-order valence-electron chi connectivity index (χ2n) is 16.4. The summed E-state index contributed by atoms with van der Waals surface area (Å²) in [5.41, 5.74) is 10.5. The number of fused-ring (bicyclic) bond motifs is 3. The molecule has 0 spiro atoms. The summed E-state index contributed by atoms with van der Waals surface area (Å²) in [4.78, 5) is 4.84. The summed E-state index contributed by atoms with van der Waals surface area (Å²) >= 11 is 0. The Morgan fingerprint density at radius 1 is 0.796 bits per heavy atom. The Balaban J connectivity index is 0.00000497. The van der Waals surface area contributed by atoms with Gasteiger partial charge >= 0.3 is 21.1 Å². The molecule has 0 N–H and O–H groups in total. The predicted molar refractivity (Wildman–Crippen MR) is 220 cm³/mol. The molecule has 0 amide bonds. The fourth-order valence-corrected chi connectivity index (χ4v) is 7.41. The minimum atomic E-state index is -0.00600. The fraction of sp³-hybridized carbons (Fsp3) is 0.333. The topological polar surface area (TPSA) is 44.9 Å². The molecule has 5 nitrogen and oxygen atoms in total. The van der Waals surface area contributed by atoms with E-state index in [1.807, 2.05) is 23.1 Å². The van der Waals surface area contributed by atoms with E-state index in [-0.39, 0.29) is 26.5 Å². The maximum atomic E-state index is 6.67. The van der Waals surface area contributed by atoms with Crippen molar-refractivity contribution in [2.75, 3.05) is 0 Å². The Kier molecular flexibility index (Phi) is 12.0. The van der Waals surface area contributed by atoms with Gasteiger partial charge in [-0.15, -0.1) is 35.7 Å². The van der Waals surface area contributed by atoms with Crippen LogP contribution in [0.2, 0.25) is 0 Å². The van der Waals surface area contributed by atoms with Crippen molar-refractivity contribution in [1.29, 1.82) is 0 Å². The third-order valence-corrected chi connectivity index (χ3v) is 9.94. The number of unbranched alkanes of at least 4 members (excludes halogenated alkanes) is 1. The van der Waals surface area contributed by atoms with Crippen LogP contribution in [0.15, 0.2) is 97.5 Å². The Labute approximate surface area is 336 Å². The number of hydrogen-bond acceptors (Lipinski definition) is 3. The van der Waals surface area contributed by atoms with E-state index in [4.69, 9.17) is 14.8 Å². The van der Waals surface area contributed by atoms with Gasteiger partial charge in [-0.1, -0.05) is 117 Å². The van der Waals surface area contributed by atoms with E-state index in [2.05, 4.69) is 151 Å². The van der Waals surface area contributed by atoms with Crippen LogP contribution in [0.1, 0.15) is 90.5 Å². The van der Waals surface area contributed by atoms with Crippen LogP contribution in [0.25, 0.3) is 44.4 Å². The van der Waals surface area contributed by atoms with Crippen LogP contribution in [0.5, 0.6) is 11.5 Å². The van der Waals surface area contributed by atoms with Crippen LogP contribution >= 0.6 is 0 Å². The number of ether oxygens (including phenoxy) is 1. The van der Waals surface area contributed by atoms with Gasteiger partial charge in [-0.2, -0.15) is 16.7 Å². The van der Waals surface area contributed by atoms with Gasteiger partial charge in [-0.3, -0.25) is 4.68 Å². The van der Waals surface area contributed by atoms with E-state index in [0.29, 0.717) is 23.3 Å². The number of rotatable bonds is 12. The monoisotopic (exact) mass is 895 g/mol. The molecule has 54 heavy (non-hydrogen) atoms. The molecule has 0 bridgehead atoms. The molecule has 0 saturated carbocycles. The molecule has 0 aliphatic rings. The van der Waals surface area contributed by atoms with Crippen LogP contribution in [0.4, 0.5) is 0 Å². The van der Waals surface area contributed by atoms with Crippen LogP contribution in [0.3, 0.4) is 0 Å². The molecule has 0 aliphatic heterocycles. The molecule has 7 aromatic rings. The Hall–Kier alpha value is -4.47. The molecule has 7 rings (SSSR count). The van der Waals surface area contributed by atoms with Crippen LogP contribution in [-0.2, 0) is 45.7 Å². The van der Waals surface area contributed by atoms with Crippen molar-refractivity contribution in [3.8, 4) is 34.1 Å². The van der Waals surface area contributed by atoms with E-state index < -0.39 is 0 Å². The number of pyridine rings is 1. The zero-order valence-corrected chi connectivity index (χ0v) is 35.2. The van der Waals surface area contributed by atoms with E-state index >= 15 is 0 Å². The molecule has 4 aromatic carbocycles. The number of benzene rings is 4. The number of hydrogen-bond donors (Lipinski definition) is 0. The first-order valence-electron chi connectivity index (χ1n) is 19.3. The molecule has 3 heterocycles. The molecule has 6 heteroatoms. The predicted octanol–water partition coefficient (Wildman–Crippen LogP) is 12.5. The van der Waals surface area contributed by atoms with E-state index in [9.17, 15) is 0 Å². The summed E-state index contributed by atoms with van der Waals surface area (Å²) in [5.74, 6) is 3.27. The Bertz CT molecular complexity index is 2350. The fourth-order valence-electron chi connectivity index (χ4n) is 7.41. The second kappa shape index (κ2) is 16.5. The molecule has 0 radical (unpaired) electrons. The van der Waals surface area contributed by atoms with Crippen molar-refractivity contribution in [3.63, 3.8) is 0 Å². The minimum absolute atomic E-state index is 0. The Morgan fingerprint density at radius 2 is 1.54 bits per heavy atom. The van der Waals surface area contributed by atoms with Crippen LogP contribution in [-0.4, -0.2) is 19.3 Å². The van der Waals surface area contributed by atoms with Gasteiger partial charge in [0.05, 0.1) is 6.20 Å². The molecular formula is C48H52N4OPt. The molecule has 0 unspecified atom stereocenters. The summed E-state index contributed by atoms with van der Waals surface area (Å²) in [5, 5.41) is 7.18. The summed E-state index contributed by atoms with van der Waals surface area (Å²) in [7, 11) is 0. The molecule has 0 fully saturated rings. The van der Waals surface area contributed by atoms with Crippen molar-refractivity contribution in [2.24, 2.45) is 11.8 Å². The van der Waals surface area contributed by atoms with Crippen molar-refractivity contribution < 1.29 is 25.8 Å². The number of para-hydroxylation sites is 1. The SMILES string of the molecule is CCCCc1cc(Oc2[c-]c3c(cc2)c2ccccc2n3-c2cc(C(C)(C)C)ccn2)[c-]c(-n2cc(-c3c(CC(C)C)cccc3CC(C)C)cn2)c1.[Pt+2]. The van der Waals surface area contributed by atoms with Crippen molar-refractivity contribution >= 4 is 21.8 Å². The summed E-state index contributed by atoms with van der Waals surface area (Å²) in [6.07, 6.45) is 11.3. The smallest absolute Gasteiger partial charge is 0.509 e. The minimum Gasteiger partial charge on any atom is -0.509 e. The third-order valence-electron chi connectivity index (χ3n) is 9.94. The maximum absolute atomic E-state index is 6.67. The molecule has 0 atom stereocenters.